The van der Waals surface area contributed by atoms with Crippen LogP contribution in [0.3, 0.4) is 0 Å². The van der Waals surface area contributed by atoms with Crippen LogP contribution in [0.25, 0.3) is 0 Å². The zero-order valence-electron chi connectivity index (χ0n) is 13.9. The minimum absolute atomic E-state index is 0.149. The normalized spacial score (nSPS) is 19.8. The van der Waals surface area contributed by atoms with E-state index in [1.54, 1.807) is 48.5 Å². The number of hydrogen-bond acceptors (Lipinski definition) is 5. The first-order valence-electron chi connectivity index (χ1n) is 7.71. The van der Waals surface area contributed by atoms with Gasteiger partial charge in [-0.25, -0.2) is 17.5 Å². The summed E-state index contributed by atoms with van der Waals surface area (Å²) in [4.78, 5) is 16.3. The largest absolute Gasteiger partial charge is 0.467 e. The molecule has 0 bridgehead atoms. The van der Waals surface area contributed by atoms with Gasteiger partial charge in [-0.3, -0.25) is 4.99 Å². The maximum atomic E-state index is 13.1. The van der Waals surface area contributed by atoms with Crippen molar-refractivity contribution in [1.29, 1.82) is 0 Å². The van der Waals surface area contributed by atoms with Crippen LogP contribution in [0.2, 0.25) is 0 Å². The van der Waals surface area contributed by atoms with Crippen molar-refractivity contribution in [2.45, 2.75) is 23.9 Å². The average Bonchev–Trinajstić information content (AvgIpc) is 3.08. The van der Waals surface area contributed by atoms with Crippen molar-refractivity contribution in [3.8, 4) is 0 Å². The molecular formula is C18H18N2O4S. The first-order valence-corrected chi connectivity index (χ1v) is 9.15. The lowest BCUT2D eigenvalue weighted by Crippen LogP contribution is -2.37. The van der Waals surface area contributed by atoms with Gasteiger partial charge >= 0.3 is 5.97 Å². The zero-order chi connectivity index (χ0) is 18.0. The molecule has 0 saturated carbocycles. The van der Waals surface area contributed by atoms with Crippen LogP contribution in [-0.2, 0) is 19.6 Å². The van der Waals surface area contributed by atoms with Crippen LogP contribution in [0.1, 0.15) is 17.2 Å². The maximum absolute atomic E-state index is 13.1. The van der Waals surface area contributed by atoms with Gasteiger partial charge in [-0.15, -0.1) is 0 Å². The summed E-state index contributed by atoms with van der Waals surface area (Å²) in [6.45, 7) is 1.88. The van der Waals surface area contributed by atoms with Crippen molar-refractivity contribution >= 4 is 22.3 Å². The highest BCUT2D eigenvalue weighted by Crippen LogP contribution is 2.35. The topological polar surface area (TPSA) is 76.0 Å². The molecule has 2 atom stereocenters. The molecule has 2 unspecified atom stereocenters. The Bertz CT molecular complexity index is 892. The zero-order valence-corrected chi connectivity index (χ0v) is 14.7. The Kier molecular flexibility index (Phi) is 4.59. The number of hydrogen-bond donors (Lipinski definition) is 0. The number of aliphatic imine (C=N–C) groups is 1. The van der Waals surface area contributed by atoms with Crippen molar-refractivity contribution in [2.24, 2.45) is 4.99 Å². The van der Waals surface area contributed by atoms with E-state index in [9.17, 15) is 13.2 Å². The van der Waals surface area contributed by atoms with Gasteiger partial charge in [0.2, 0.25) is 0 Å². The highest BCUT2D eigenvalue weighted by Gasteiger charge is 2.43. The van der Waals surface area contributed by atoms with Gasteiger partial charge in [0.25, 0.3) is 10.0 Å². The van der Waals surface area contributed by atoms with Gasteiger partial charge in [0.05, 0.1) is 12.0 Å². The number of carbonyl (C=O) groups is 1. The molecule has 1 aliphatic rings. The molecule has 7 heteroatoms. The summed E-state index contributed by atoms with van der Waals surface area (Å²) < 4.78 is 32.1. The number of rotatable bonds is 4. The maximum Gasteiger partial charge on any atom is 0.333 e. The highest BCUT2D eigenvalue weighted by atomic mass is 32.2. The Morgan fingerprint density at radius 3 is 2.32 bits per heavy atom. The lowest BCUT2D eigenvalue weighted by molar-refractivity contribution is -0.142. The summed E-state index contributed by atoms with van der Waals surface area (Å²) in [6.07, 6.45) is 1.20. The first-order chi connectivity index (χ1) is 11.9. The van der Waals surface area contributed by atoms with Crippen molar-refractivity contribution in [3.05, 3.63) is 65.7 Å². The number of carbonyl (C=O) groups excluding carboxylic acids is 1. The van der Waals surface area contributed by atoms with Crippen LogP contribution >= 0.6 is 0 Å². The summed E-state index contributed by atoms with van der Waals surface area (Å²) in [6, 6.07) is 13.8. The van der Waals surface area contributed by atoms with E-state index in [2.05, 4.69) is 4.99 Å². The third-order valence-electron chi connectivity index (χ3n) is 4.09. The second-order valence-corrected chi connectivity index (χ2v) is 7.58. The van der Waals surface area contributed by atoms with Crippen molar-refractivity contribution in [3.63, 3.8) is 0 Å². The van der Waals surface area contributed by atoms with Gasteiger partial charge in [0, 0.05) is 0 Å². The van der Waals surface area contributed by atoms with Crippen LogP contribution < -0.4 is 0 Å². The predicted molar refractivity (Wildman–Crippen MR) is 93.7 cm³/mol. The Morgan fingerprint density at radius 2 is 1.72 bits per heavy atom. The molecule has 0 aliphatic carbocycles. The molecule has 0 N–H and O–H groups in total. The summed E-state index contributed by atoms with van der Waals surface area (Å²) in [7, 11) is -2.59. The SMILES string of the molecule is COC(=O)C1N=CN(S(=O)(=O)c2ccc(C)cc2)C1c1ccccc1. The minimum atomic E-state index is -3.85. The van der Waals surface area contributed by atoms with Gasteiger partial charge in [-0.2, -0.15) is 0 Å². The van der Waals surface area contributed by atoms with E-state index in [1.807, 2.05) is 13.0 Å². The predicted octanol–water partition coefficient (Wildman–Crippen LogP) is 2.31. The Labute approximate surface area is 146 Å². The molecular weight excluding hydrogens is 340 g/mol. The molecule has 1 heterocycles. The molecule has 0 aromatic heterocycles. The number of nitrogens with zero attached hydrogens (tertiary/aromatic N) is 2. The second kappa shape index (κ2) is 6.68. The average molecular weight is 358 g/mol. The smallest absolute Gasteiger partial charge is 0.333 e. The fraction of sp³-hybridized carbons (Fsp3) is 0.222. The van der Waals surface area contributed by atoms with E-state index in [0.29, 0.717) is 5.56 Å². The quantitative estimate of drug-likeness (QED) is 0.786. The van der Waals surface area contributed by atoms with E-state index in [4.69, 9.17) is 4.74 Å². The van der Waals surface area contributed by atoms with Crippen LogP contribution in [0, 0.1) is 6.92 Å². The second-order valence-electron chi connectivity index (χ2n) is 5.74. The van der Waals surface area contributed by atoms with Crippen molar-refractivity contribution in [2.75, 3.05) is 7.11 Å². The third kappa shape index (κ3) is 3.15. The number of sulfonamides is 1. The Morgan fingerprint density at radius 1 is 1.08 bits per heavy atom. The van der Waals surface area contributed by atoms with Crippen LogP contribution in [-0.4, -0.2) is 38.2 Å². The fourth-order valence-electron chi connectivity index (χ4n) is 2.76. The first kappa shape index (κ1) is 17.2. The van der Waals surface area contributed by atoms with Gasteiger partial charge in [0.1, 0.15) is 12.4 Å². The molecule has 2 aromatic rings. The molecule has 0 radical (unpaired) electrons. The molecule has 0 saturated heterocycles. The van der Waals surface area contributed by atoms with E-state index in [1.165, 1.54) is 13.4 Å². The lowest BCUT2D eigenvalue weighted by Gasteiger charge is -2.27. The summed E-state index contributed by atoms with van der Waals surface area (Å²) in [5, 5.41) is 0. The van der Waals surface area contributed by atoms with Crippen molar-refractivity contribution in [1.82, 2.24) is 4.31 Å². The standard InChI is InChI=1S/C18H18N2O4S/c1-13-8-10-15(11-9-13)25(22,23)20-12-19-16(18(21)24-2)17(20)14-6-4-3-5-7-14/h3-12,16-17H,1-2H3. The molecule has 130 valence electrons. The van der Waals surface area contributed by atoms with Crippen LogP contribution in [0.5, 0.6) is 0 Å². The van der Waals surface area contributed by atoms with E-state index in [-0.39, 0.29) is 4.90 Å². The number of benzene rings is 2. The fourth-order valence-corrected chi connectivity index (χ4v) is 4.20. The molecule has 3 rings (SSSR count). The number of ether oxygens (including phenoxy) is 1. The summed E-state index contributed by atoms with van der Waals surface area (Å²) in [5.41, 5.74) is 1.63. The lowest BCUT2D eigenvalue weighted by atomic mass is 10.0. The van der Waals surface area contributed by atoms with Crippen LogP contribution in [0.4, 0.5) is 0 Å². The Balaban J connectivity index is 2.06. The number of esters is 1. The molecule has 25 heavy (non-hydrogen) atoms. The number of aryl methyl sites for hydroxylation is 1. The molecule has 2 aromatic carbocycles. The summed E-state index contributed by atoms with van der Waals surface area (Å²) in [5.74, 6) is -0.577. The number of methoxy groups -OCH3 is 1. The minimum Gasteiger partial charge on any atom is -0.467 e. The Hall–Kier alpha value is -2.67. The molecule has 0 amide bonds. The molecule has 0 fully saturated rings. The molecule has 6 nitrogen and oxygen atoms in total. The summed E-state index contributed by atoms with van der Waals surface area (Å²) >= 11 is 0. The monoisotopic (exact) mass is 358 g/mol. The molecule has 1 aliphatic heterocycles. The highest BCUT2D eigenvalue weighted by molar-refractivity contribution is 7.89. The van der Waals surface area contributed by atoms with E-state index >= 15 is 0 Å². The third-order valence-corrected chi connectivity index (χ3v) is 5.84. The van der Waals surface area contributed by atoms with E-state index < -0.39 is 28.1 Å². The van der Waals surface area contributed by atoms with E-state index in [0.717, 1.165) is 9.87 Å². The molecule has 0 spiro atoms. The van der Waals surface area contributed by atoms with Gasteiger partial charge < -0.3 is 4.74 Å². The van der Waals surface area contributed by atoms with Gasteiger partial charge in [-0.1, -0.05) is 48.0 Å². The van der Waals surface area contributed by atoms with Crippen LogP contribution in [0.15, 0.2) is 64.5 Å². The van der Waals surface area contributed by atoms with Crippen molar-refractivity contribution < 1.29 is 17.9 Å². The van der Waals surface area contributed by atoms with Gasteiger partial charge in [-0.05, 0) is 24.6 Å². The van der Waals surface area contributed by atoms with Gasteiger partial charge in [0.15, 0.2) is 6.04 Å².